The molecule has 0 nitrogen and oxygen atoms in total. The summed E-state index contributed by atoms with van der Waals surface area (Å²) in [7, 11) is 0. The molecule has 0 aromatic carbocycles. The van der Waals surface area contributed by atoms with Gasteiger partial charge in [0.25, 0.3) is 0 Å². The molecule has 0 aliphatic rings. The predicted octanol–water partition coefficient (Wildman–Crippen LogP) is -0.388. The van der Waals surface area contributed by atoms with Crippen LogP contribution in [-0.4, -0.2) is 25.8 Å². The fraction of sp³-hybridized carbons (Fsp3) is 0. The van der Waals surface area contributed by atoms with Gasteiger partial charge in [-0.25, -0.2) is 0 Å². The quantitative estimate of drug-likeness (QED) is 0.532. The first kappa shape index (κ1) is 29.2. The van der Waals surface area contributed by atoms with Crippen LogP contribution < -0.4 is 0 Å². The van der Waals surface area contributed by atoms with Crippen LogP contribution in [0.1, 0.15) is 0 Å². The molecule has 0 heterocycles. The van der Waals surface area contributed by atoms with Crippen LogP contribution >= 0.6 is 0 Å². The maximum absolute atomic E-state index is 0. The molecule has 0 bridgehead atoms. The van der Waals surface area contributed by atoms with Crippen molar-refractivity contribution < 1.29 is 60.3 Å². The molecular formula is CuFeInZr. The van der Waals surface area contributed by atoms with E-state index in [0.717, 1.165) is 0 Å². The zero-order valence-corrected chi connectivity index (χ0v) is 9.53. The van der Waals surface area contributed by atoms with Crippen LogP contribution in [0.15, 0.2) is 0 Å². The summed E-state index contributed by atoms with van der Waals surface area (Å²) >= 11 is 0. The third-order valence-electron chi connectivity index (χ3n) is 0. The Labute approximate surface area is 84.7 Å². The van der Waals surface area contributed by atoms with Gasteiger partial charge in [-0.05, 0) is 0 Å². The minimum atomic E-state index is 0. The van der Waals surface area contributed by atoms with Gasteiger partial charge in [-0.1, -0.05) is 0 Å². The van der Waals surface area contributed by atoms with Crippen LogP contribution in [0.3, 0.4) is 0 Å². The molecule has 0 saturated carbocycles. The Hall–Kier alpha value is 2.79. The summed E-state index contributed by atoms with van der Waals surface area (Å²) in [5.74, 6) is 0. The molecule has 0 unspecified atom stereocenters. The molecule has 0 aromatic rings. The summed E-state index contributed by atoms with van der Waals surface area (Å²) < 4.78 is 0. The summed E-state index contributed by atoms with van der Waals surface area (Å²) in [4.78, 5) is 0. The molecule has 0 aliphatic carbocycles. The third kappa shape index (κ3) is 8.84. The molecule has 0 amide bonds. The van der Waals surface area contributed by atoms with Crippen LogP contribution in [0, 0.1) is 0 Å². The first-order valence-corrected chi connectivity index (χ1v) is 0. The van der Waals surface area contributed by atoms with Gasteiger partial charge in [0.05, 0.1) is 0 Å². The van der Waals surface area contributed by atoms with Crippen molar-refractivity contribution in [1.82, 2.24) is 0 Å². The number of hydrogen-bond acceptors (Lipinski definition) is 0. The third-order valence-corrected chi connectivity index (χ3v) is 0. The Balaban J connectivity index is 0. The molecule has 0 saturated heterocycles. The molecule has 4 radical (unpaired) electrons. The van der Waals surface area contributed by atoms with E-state index in [2.05, 4.69) is 0 Å². The Morgan fingerprint density at radius 3 is 1.00 bits per heavy atom. The van der Waals surface area contributed by atoms with E-state index < -0.39 is 0 Å². The van der Waals surface area contributed by atoms with Crippen molar-refractivity contribution in [3.8, 4) is 0 Å². The van der Waals surface area contributed by atoms with Crippen molar-refractivity contribution in [2.75, 3.05) is 0 Å². The van der Waals surface area contributed by atoms with E-state index >= 15 is 0 Å². The fourth-order valence-corrected chi connectivity index (χ4v) is 0. The first-order valence-electron chi connectivity index (χ1n) is 0. The van der Waals surface area contributed by atoms with Crippen molar-refractivity contribution in [3.05, 3.63) is 0 Å². The Bertz CT molecular complexity index is 8.00. The second-order valence-electron chi connectivity index (χ2n) is 0. The van der Waals surface area contributed by atoms with Gasteiger partial charge in [-0.15, -0.1) is 0 Å². The van der Waals surface area contributed by atoms with Gasteiger partial charge in [0.1, 0.15) is 0 Å². The van der Waals surface area contributed by atoms with Crippen molar-refractivity contribution in [3.63, 3.8) is 0 Å². The molecule has 0 N–H and O–H groups in total. The minimum absolute atomic E-state index is 0. The second kappa shape index (κ2) is 17.1. The smallest absolute Gasteiger partial charge is 0 e. The molecule has 0 atom stereocenters. The summed E-state index contributed by atoms with van der Waals surface area (Å²) in [6.45, 7) is 0. The van der Waals surface area contributed by atoms with Gasteiger partial charge in [0.15, 0.2) is 0 Å². The van der Waals surface area contributed by atoms with E-state index in [-0.39, 0.29) is 86.2 Å². The molecule has 26 valence electrons. The zero-order valence-electron chi connectivity index (χ0n) is 1.73. The molecular weight excluding hydrogens is 325 g/mol. The summed E-state index contributed by atoms with van der Waals surface area (Å²) in [5, 5.41) is 0. The maximum atomic E-state index is 0. The molecule has 0 aliphatic heterocycles. The minimum Gasteiger partial charge on any atom is 0 e. The van der Waals surface area contributed by atoms with E-state index in [1.165, 1.54) is 0 Å². The van der Waals surface area contributed by atoms with E-state index in [0.29, 0.717) is 0 Å². The average molecular weight is 325 g/mol. The fourth-order valence-electron chi connectivity index (χ4n) is 0. The summed E-state index contributed by atoms with van der Waals surface area (Å²) in [5.41, 5.74) is 0. The number of rotatable bonds is 0. The molecule has 4 heteroatoms. The van der Waals surface area contributed by atoms with Crippen molar-refractivity contribution >= 4 is 25.8 Å². The van der Waals surface area contributed by atoms with Crippen molar-refractivity contribution in [1.29, 1.82) is 0 Å². The van der Waals surface area contributed by atoms with Crippen molar-refractivity contribution in [2.24, 2.45) is 0 Å². The van der Waals surface area contributed by atoms with E-state index in [4.69, 9.17) is 0 Å². The summed E-state index contributed by atoms with van der Waals surface area (Å²) in [6.07, 6.45) is 0. The Kier molecular flexibility index (Phi) is 125. The maximum Gasteiger partial charge on any atom is 0 e. The van der Waals surface area contributed by atoms with Gasteiger partial charge in [0.2, 0.25) is 0 Å². The first-order chi connectivity index (χ1) is 0. The topological polar surface area (TPSA) is 0 Å². The number of hydrogen-bond donors (Lipinski definition) is 0. The van der Waals surface area contributed by atoms with E-state index in [9.17, 15) is 0 Å². The normalized spacial score (nSPS) is 0. The van der Waals surface area contributed by atoms with E-state index in [1.807, 2.05) is 0 Å². The van der Waals surface area contributed by atoms with Gasteiger partial charge in [-0.3, -0.25) is 0 Å². The van der Waals surface area contributed by atoms with Gasteiger partial charge >= 0.3 is 0 Å². The van der Waals surface area contributed by atoms with Crippen LogP contribution in [0.5, 0.6) is 0 Å². The summed E-state index contributed by atoms with van der Waals surface area (Å²) in [6, 6.07) is 0. The molecule has 4 heavy (non-hydrogen) atoms. The van der Waals surface area contributed by atoms with Gasteiger partial charge in [0, 0.05) is 86.2 Å². The van der Waals surface area contributed by atoms with Crippen LogP contribution in [0.25, 0.3) is 0 Å². The Morgan fingerprint density at radius 2 is 1.00 bits per heavy atom. The Morgan fingerprint density at radius 1 is 1.00 bits per heavy atom. The van der Waals surface area contributed by atoms with Gasteiger partial charge < -0.3 is 0 Å². The monoisotopic (exact) mass is 324 g/mol. The molecule has 0 fully saturated rings. The molecule has 0 spiro atoms. The molecule has 0 aromatic heterocycles. The van der Waals surface area contributed by atoms with Crippen LogP contribution in [0.4, 0.5) is 0 Å². The van der Waals surface area contributed by atoms with Crippen LogP contribution in [0.2, 0.25) is 0 Å². The average Bonchev–Trinajstić information content (AvgIpc) is 0. The largest absolute Gasteiger partial charge is 0 e. The van der Waals surface area contributed by atoms with E-state index in [1.54, 1.807) is 0 Å². The standard InChI is InChI=1S/Cu.Fe.In.Zr. The zero-order chi connectivity index (χ0) is 0. The van der Waals surface area contributed by atoms with Gasteiger partial charge in [-0.2, -0.15) is 0 Å². The SMILES string of the molecule is [Cu].[Fe].[In].[Zr]. The molecule has 0 rings (SSSR count). The predicted molar refractivity (Wildman–Crippen MR) is 5.75 cm³/mol. The van der Waals surface area contributed by atoms with Crippen LogP contribution in [-0.2, 0) is 60.3 Å². The van der Waals surface area contributed by atoms with Crippen molar-refractivity contribution in [2.45, 2.75) is 0 Å². The second-order valence-corrected chi connectivity index (χ2v) is 0.